The maximum atomic E-state index is 5.90. The van der Waals surface area contributed by atoms with Crippen molar-refractivity contribution >= 4 is 21.6 Å². The lowest BCUT2D eigenvalue weighted by Crippen LogP contribution is -2.45. The highest BCUT2D eigenvalue weighted by Crippen LogP contribution is 2.31. The van der Waals surface area contributed by atoms with Crippen LogP contribution >= 0.6 is 11.3 Å². The van der Waals surface area contributed by atoms with Crippen LogP contribution in [0.15, 0.2) is 48.5 Å². The van der Waals surface area contributed by atoms with Gasteiger partial charge in [0.15, 0.2) is 0 Å². The molecule has 0 unspecified atom stereocenters. The van der Waals surface area contributed by atoms with Gasteiger partial charge in [0.05, 0.1) is 10.2 Å². The van der Waals surface area contributed by atoms with Gasteiger partial charge < -0.3 is 14.8 Å². The maximum Gasteiger partial charge on any atom is 0.279 e. The van der Waals surface area contributed by atoms with E-state index in [2.05, 4.69) is 21.3 Å². The third-order valence-electron chi connectivity index (χ3n) is 5.12. The summed E-state index contributed by atoms with van der Waals surface area (Å²) < 4.78 is 12.9. The molecule has 3 heterocycles. The second-order valence-electron chi connectivity index (χ2n) is 6.86. The van der Waals surface area contributed by atoms with E-state index in [1.54, 1.807) is 11.3 Å². The van der Waals surface area contributed by atoms with Gasteiger partial charge in [-0.15, -0.1) is 0 Å². The molecule has 6 heteroatoms. The molecule has 0 radical (unpaired) electrons. The van der Waals surface area contributed by atoms with Gasteiger partial charge in [0.1, 0.15) is 18.1 Å². The first kappa shape index (κ1) is 16.1. The molecule has 1 N–H and O–H groups in total. The Morgan fingerprint density at radius 3 is 2.73 bits per heavy atom. The molecular formula is C20H21N3O2S. The molecule has 2 saturated heterocycles. The Morgan fingerprint density at radius 1 is 1.12 bits per heavy atom. The van der Waals surface area contributed by atoms with E-state index in [0.717, 1.165) is 48.0 Å². The third kappa shape index (κ3) is 3.28. The summed E-state index contributed by atoms with van der Waals surface area (Å²) in [5.41, 5.74) is 0.971. The van der Waals surface area contributed by atoms with Gasteiger partial charge in [-0.1, -0.05) is 23.5 Å². The van der Waals surface area contributed by atoms with Crippen molar-refractivity contribution in [3.63, 3.8) is 0 Å². The summed E-state index contributed by atoms with van der Waals surface area (Å²) in [5.74, 6) is 1.66. The molecule has 5 nitrogen and oxygen atoms in total. The van der Waals surface area contributed by atoms with Crippen LogP contribution < -0.4 is 14.8 Å². The van der Waals surface area contributed by atoms with E-state index in [0.29, 0.717) is 17.3 Å². The Morgan fingerprint density at radius 2 is 1.96 bits per heavy atom. The molecular weight excluding hydrogens is 346 g/mol. The summed E-state index contributed by atoms with van der Waals surface area (Å²) in [6.07, 6.45) is 1.29. The number of thiazole rings is 1. The maximum absolute atomic E-state index is 5.90. The molecule has 2 fully saturated rings. The third-order valence-corrected chi connectivity index (χ3v) is 6.03. The number of hydrogen-bond donors (Lipinski definition) is 1. The van der Waals surface area contributed by atoms with Gasteiger partial charge in [-0.2, -0.15) is 0 Å². The number of piperazine rings is 1. The van der Waals surface area contributed by atoms with Gasteiger partial charge in [-0.05, 0) is 42.8 Å². The number of rotatable bonds is 6. The molecule has 0 spiro atoms. The minimum Gasteiger partial charge on any atom is -0.492 e. The summed E-state index contributed by atoms with van der Waals surface area (Å²) in [5, 5.41) is 4.19. The van der Waals surface area contributed by atoms with E-state index < -0.39 is 0 Å². The predicted octanol–water partition coefficient (Wildman–Crippen LogP) is 3.51. The molecule has 2 bridgehead atoms. The summed E-state index contributed by atoms with van der Waals surface area (Å²) in [7, 11) is 0. The average Bonchev–Trinajstić information content (AvgIpc) is 3.38. The van der Waals surface area contributed by atoms with Crippen molar-refractivity contribution in [3.8, 4) is 16.7 Å². The lowest BCUT2D eigenvalue weighted by atomic mass is 10.2. The van der Waals surface area contributed by atoms with Crippen LogP contribution in [0.2, 0.25) is 0 Å². The zero-order valence-electron chi connectivity index (χ0n) is 14.4. The van der Waals surface area contributed by atoms with Crippen LogP contribution in [0.4, 0.5) is 0 Å². The highest BCUT2D eigenvalue weighted by atomic mass is 32.1. The normalized spacial score (nSPS) is 22.2. The molecule has 2 aromatic carbocycles. The Bertz CT molecular complexity index is 862. The van der Waals surface area contributed by atoms with Crippen LogP contribution in [-0.4, -0.2) is 48.2 Å². The van der Waals surface area contributed by atoms with E-state index in [1.165, 1.54) is 6.42 Å². The first-order chi connectivity index (χ1) is 12.8. The number of nitrogens with zero attached hydrogens (tertiary/aromatic N) is 2. The molecule has 0 aliphatic carbocycles. The van der Waals surface area contributed by atoms with Crippen molar-refractivity contribution in [2.45, 2.75) is 18.5 Å². The second-order valence-corrected chi connectivity index (χ2v) is 7.85. The SMILES string of the molecule is c1ccc2sc(Oc3ccc(OCCN4C[C@H]5C[C@H]4CN5)cc3)nc2c1. The monoisotopic (exact) mass is 367 g/mol. The Balaban J connectivity index is 1.15. The summed E-state index contributed by atoms with van der Waals surface area (Å²) in [6, 6.07) is 17.2. The number of likely N-dealkylation sites (tertiary alicyclic amines) is 1. The van der Waals surface area contributed by atoms with Gasteiger partial charge in [0, 0.05) is 31.7 Å². The molecule has 2 atom stereocenters. The quantitative estimate of drug-likeness (QED) is 0.722. The van der Waals surface area contributed by atoms with Crippen molar-refractivity contribution in [2.24, 2.45) is 0 Å². The molecule has 3 aromatic rings. The van der Waals surface area contributed by atoms with Crippen molar-refractivity contribution in [2.75, 3.05) is 26.2 Å². The molecule has 5 rings (SSSR count). The summed E-state index contributed by atoms with van der Waals surface area (Å²) in [4.78, 5) is 7.03. The van der Waals surface area contributed by atoms with E-state index in [4.69, 9.17) is 9.47 Å². The molecule has 2 aliphatic rings. The largest absolute Gasteiger partial charge is 0.492 e. The van der Waals surface area contributed by atoms with Crippen molar-refractivity contribution in [1.29, 1.82) is 0 Å². The number of para-hydroxylation sites is 1. The van der Waals surface area contributed by atoms with Crippen LogP contribution in [0.3, 0.4) is 0 Å². The minimum absolute atomic E-state index is 0.664. The topological polar surface area (TPSA) is 46.6 Å². The van der Waals surface area contributed by atoms with Crippen molar-refractivity contribution in [1.82, 2.24) is 15.2 Å². The number of ether oxygens (including phenoxy) is 2. The molecule has 0 amide bonds. The first-order valence-electron chi connectivity index (χ1n) is 9.07. The van der Waals surface area contributed by atoms with Crippen molar-refractivity contribution < 1.29 is 9.47 Å². The van der Waals surface area contributed by atoms with E-state index in [9.17, 15) is 0 Å². The Hall–Kier alpha value is -2.15. The standard InChI is InChI=1S/C20H21N3O2S/c1-2-4-19-18(3-1)22-20(26-19)25-17-7-5-16(6-8-17)24-10-9-23-13-14-11-15(23)12-21-14/h1-8,14-15,21H,9-13H2/t14-,15+/m1/s1. The van der Waals surface area contributed by atoms with Gasteiger partial charge >= 0.3 is 0 Å². The van der Waals surface area contributed by atoms with Crippen LogP contribution in [0, 0.1) is 0 Å². The number of fused-ring (bicyclic) bond motifs is 3. The molecule has 26 heavy (non-hydrogen) atoms. The molecule has 2 aliphatic heterocycles. The van der Waals surface area contributed by atoms with E-state index in [1.807, 2.05) is 42.5 Å². The first-order valence-corrected chi connectivity index (χ1v) is 9.89. The van der Waals surface area contributed by atoms with Gasteiger partial charge in [0.25, 0.3) is 5.19 Å². The number of hydrogen-bond acceptors (Lipinski definition) is 6. The summed E-state index contributed by atoms with van der Waals surface area (Å²) in [6.45, 7) is 4.00. The smallest absolute Gasteiger partial charge is 0.279 e. The van der Waals surface area contributed by atoms with Gasteiger partial charge in [0.2, 0.25) is 0 Å². The zero-order valence-corrected chi connectivity index (χ0v) is 15.2. The fourth-order valence-electron chi connectivity index (χ4n) is 3.80. The lowest BCUT2D eigenvalue weighted by molar-refractivity contribution is 0.180. The molecule has 134 valence electrons. The van der Waals surface area contributed by atoms with Gasteiger partial charge in [-0.25, -0.2) is 4.98 Å². The highest BCUT2D eigenvalue weighted by Gasteiger charge is 2.36. The fraction of sp³-hybridized carbons (Fsp3) is 0.350. The minimum atomic E-state index is 0.664. The Kier molecular flexibility index (Phi) is 4.24. The number of aromatic nitrogens is 1. The Labute approximate surface area is 156 Å². The van der Waals surface area contributed by atoms with Crippen LogP contribution in [0.1, 0.15) is 6.42 Å². The van der Waals surface area contributed by atoms with Crippen LogP contribution in [0.5, 0.6) is 16.7 Å². The average molecular weight is 367 g/mol. The van der Waals surface area contributed by atoms with Crippen molar-refractivity contribution in [3.05, 3.63) is 48.5 Å². The predicted molar refractivity (Wildman–Crippen MR) is 103 cm³/mol. The fourth-order valence-corrected chi connectivity index (χ4v) is 4.64. The van der Waals surface area contributed by atoms with E-state index in [-0.39, 0.29) is 0 Å². The second kappa shape index (κ2) is 6.87. The lowest BCUT2D eigenvalue weighted by Gasteiger charge is -2.26. The highest BCUT2D eigenvalue weighted by molar-refractivity contribution is 7.20. The van der Waals surface area contributed by atoms with E-state index >= 15 is 0 Å². The zero-order chi connectivity index (χ0) is 17.3. The number of benzene rings is 2. The van der Waals surface area contributed by atoms with Gasteiger partial charge in [-0.3, -0.25) is 4.90 Å². The molecule has 0 saturated carbocycles. The molecule has 1 aromatic heterocycles. The van der Waals surface area contributed by atoms with Crippen LogP contribution in [-0.2, 0) is 0 Å². The summed E-state index contributed by atoms with van der Waals surface area (Å²) >= 11 is 1.55. The number of nitrogens with one attached hydrogen (secondary N) is 1. The van der Waals surface area contributed by atoms with Crippen LogP contribution in [0.25, 0.3) is 10.2 Å².